The van der Waals surface area contributed by atoms with Gasteiger partial charge in [-0.25, -0.2) is 9.97 Å². The average molecular weight is 238 g/mol. The van der Waals surface area contributed by atoms with E-state index in [1.165, 1.54) is 18.1 Å². The minimum Gasteiger partial charge on any atom is -0.399 e. The van der Waals surface area contributed by atoms with Gasteiger partial charge < -0.3 is 5.73 Å². The summed E-state index contributed by atoms with van der Waals surface area (Å²) >= 11 is 7.27. The fourth-order valence-electron chi connectivity index (χ4n) is 1.03. The number of nitrogen functional groups attached to an aromatic ring is 1. The highest BCUT2D eigenvalue weighted by atomic mass is 35.5. The summed E-state index contributed by atoms with van der Waals surface area (Å²) < 4.78 is 0. The standard InChI is InChI=1S/C10H8ClN3S/c11-9-5-10(14-6-13-9)15-8-3-1-7(12)2-4-8/h1-6H,12H2. The van der Waals surface area contributed by atoms with Gasteiger partial charge in [-0.15, -0.1) is 0 Å². The number of anilines is 1. The van der Waals surface area contributed by atoms with Crippen LogP contribution in [0.2, 0.25) is 5.15 Å². The Morgan fingerprint density at radius 1 is 1.13 bits per heavy atom. The van der Waals surface area contributed by atoms with Crippen molar-refractivity contribution in [2.24, 2.45) is 0 Å². The van der Waals surface area contributed by atoms with E-state index in [1.807, 2.05) is 24.3 Å². The van der Waals surface area contributed by atoms with Crippen LogP contribution in [0, 0.1) is 0 Å². The van der Waals surface area contributed by atoms with Crippen LogP contribution in [0.1, 0.15) is 0 Å². The van der Waals surface area contributed by atoms with Gasteiger partial charge in [0, 0.05) is 16.6 Å². The molecule has 0 saturated carbocycles. The van der Waals surface area contributed by atoms with Crippen LogP contribution in [0.25, 0.3) is 0 Å². The molecule has 3 nitrogen and oxygen atoms in total. The van der Waals surface area contributed by atoms with Crippen LogP contribution in [-0.4, -0.2) is 9.97 Å². The van der Waals surface area contributed by atoms with Crippen LogP contribution in [-0.2, 0) is 0 Å². The SMILES string of the molecule is Nc1ccc(Sc2cc(Cl)ncn2)cc1. The minimum absolute atomic E-state index is 0.447. The topological polar surface area (TPSA) is 51.8 Å². The minimum atomic E-state index is 0.447. The number of hydrogen-bond donors (Lipinski definition) is 1. The lowest BCUT2D eigenvalue weighted by Crippen LogP contribution is -1.84. The summed E-state index contributed by atoms with van der Waals surface area (Å²) in [5.74, 6) is 0. The lowest BCUT2D eigenvalue weighted by molar-refractivity contribution is 1.05. The molecule has 5 heteroatoms. The predicted octanol–water partition coefficient (Wildman–Crippen LogP) is 2.86. The first kappa shape index (κ1) is 10.3. The van der Waals surface area contributed by atoms with E-state index >= 15 is 0 Å². The second kappa shape index (κ2) is 4.51. The quantitative estimate of drug-likeness (QED) is 0.645. The first-order valence-electron chi connectivity index (χ1n) is 4.25. The van der Waals surface area contributed by atoms with Crippen molar-refractivity contribution in [3.63, 3.8) is 0 Å². The maximum absolute atomic E-state index is 5.75. The van der Waals surface area contributed by atoms with Crippen LogP contribution >= 0.6 is 23.4 Å². The van der Waals surface area contributed by atoms with Gasteiger partial charge in [0.2, 0.25) is 0 Å². The number of hydrogen-bond acceptors (Lipinski definition) is 4. The summed E-state index contributed by atoms with van der Waals surface area (Å²) in [5, 5.41) is 1.27. The van der Waals surface area contributed by atoms with Crippen LogP contribution in [0.3, 0.4) is 0 Å². The van der Waals surface area contributed by atoms with Crippen molar-refractivity contribution in [3.8, 4) is 0 Å². The molecule has 0 unspecified atom stereocenters. The Labute approximate surface area is 96.7 Å². The van der Waals surface area contributed by atoms with E-state index in [0.717, 1.165) is 15.6 Å². The summed E-state index contributed by atoms with van der Waals surface area (Å²) in [7, 11) is 0. The van der Waals surface area contributed by atoms with Crippen molar-refractivity contribution < 1.29 is 0 Å². The Hall–Kier alpha value is -1.26. The monoisotopic (exact) mass is 237 g/mol. The zero-order valence-corrected chi connectivity index (χ0v) is 9.29. The van der Waals surface area contributed by atoms with Gasteiger partial charge in [0.1, 0.15) is 16.5 Å². The highest BCUT2D eigenvalue weighted by Crippen LogP contribution is 2.27. The lowest BCUT2D eigenvalue weighted by Gasteiger charge is -2.00. The zero-order valence-electron chi connectivity index (χ0n) is 7.72. The van der Waals surface area contributed by atoms with Crippen molar-refractivity contribution in [2.45, 2.75) is 9.92 Å². The third-order valence-corrected chi connectivity index (χ3v) is 2.86. The summed E-state index contributed by atoms with van der Waals surface area (Å²) in [5.41, 5.74) is 6.34. The molecule has 0 spiro atoms. The van der Waals surface area contributed by atoms with E-state index in [1.54, 1.807) is 6.07 Å². The normalized spacial score (nSPS) is 10.2. The molecule has 0 aliphatic carbocycles. The molecule has 2 rings (SSSR count). The van der Waals surface area contributed by atoms with Gasteiger partial charge >= 0.3 is 0 Å². The summed E-state index contributed by atoms with van der Waals surface area (Å²) in [4.78, 5) is 8.98. The number of benzene rings is 1. The molecule has 76 valence electrons. The Kier molecular flexibility index (Phi) is 3.08. The number of nitrogens with two attached hydrogens (primary N) is 1. The Morgan fingerprint density at radius 3 is 2.53 bits per heavy atom. The van der Waals surface area contributed by atoms with Gasteiger partial charge in [-0.1, -0.05) is 23.4 Å². The van der Waals surface area contributed by atoms with Gasteiger partial charge in [0.25, 0.3) is 0 Å². The highest BCUT2D eigenvalue weighted by molar-refractivity contribution is 7.99. The number of nitrogens with zero attached hydrogens (tertiary/aromatic N) is 2. The van der Waals surface area contributed by atoms with Crippen molar-refractivity contribution in [1.82, 2.24) is 9.97 Å². The van der Waals surface area contributed by atoms with E-state index < -0.39 is 0 Å². The van der Waals surface area contributed by atoms with Gasteiger partial charge in [-0.3, -0.25) is 0 Å². The van der Waals surface area contributed by atoms with Gasteiger partial charge in [-0.2, -0.15) is 0 Å². The molecule has 2 N–H and O–H groups in total. The molecule has 1 heterocycles. The number of halogens is 1. The molecule has 0 bridgehead atoms. The van der Waals surface area contributed by atoms with Crippen molar-refractivity contribution in [1.29, 1.82) is 0 Å². The van der Waals surface area contributed by atoms with Gasteiger partial charge in [0.05, 0.1) is 0 Å². The molecule has 0 aliphatic heterocycles. The van der Waals surface area contributed by atoms with Crippen LogP contribution < -0.4 is 5.73 Å². The lowest BCUT2D eigenvalue weighted by atomic mass is 10.3. The van der Waals surface area contributed by atoms with E-state index in [4.69, 9.17) is 17.3 Å². The molecule has 1 aromatic carbocycles. The summed E-state index contributed by atoms with van der Waals surface area (Å²) in [6.45, 7) is 0. The smallest absolute Gasteiger partial charge is 0.133 e. The van der Waals surface area contributed by atoms with E-state index in [0.29, 0.717) is 5.15 Å². The van der Waals surface area contributed by atoms with Crippen LogP contribution in [0.5, 0.6) is 0 Å². The number of rotatable bonds is 2. The molecular formula is C10H8ClN3S. The maximum atomic E-state index is 5.75. The van der Waals surface area contributed by atoms with Crippen molar-refractivity contribution in [3.05, 3.63) is 41.8 Å². The Bertz CT molecular complexity index is 458. The third kappa shape index (κ3) is 2.84. The van der Waals surface area contributed by atoms with Crippen molar-refractivity contribution >= 4 is 29.1 Å². The van der Waals surface area contributed by atoms with E-state index in [2.05, 4.69) is 9.97 Å². The summed E-state index contributed by atoms with van der Waals surface area (Å²) in [6.07, 6.45) is 1.45. The average Bonchev–Trinajstić information content (AvgIpc) is 2.22. The molecule has 0 radical (unpaired) electrons. The van der Waals surface area contributed by atoms with E-state index in [9.17, 15) is 0 Å². The molecule has 2 aromatic rings. The van der Waals surface area contributed by atoms with Crippen molar-refractivity contribution in [2.75, 3.05) is 5.73 Å². The summed E-state index contributed by atoms with van der Waals surface area (Å²) in [6, 6.07) is 9.31. The number of aromatic nitrogens is 2. The van der Waals surface area contributed by atoms with Crippen LogP contribution in [0.15, 0.2) is 46.6 Å². The Morgan fingerprint density at radius 2 is 1.87 bits per heavy atom. The molecule has 0 saturated heterocycles. The first-order valence-corrected chi connectivity index (χ1v) is 5.44. The van der Waals surface area contributed by atoms with Gasteiger partial charge in [0.15, 0.2) is 0 Å². The molecule has 1 aromatic heterocycles. The first-order chi connectivity index (χ1) is 7.24. The highest BCUT2D eigenvalue weighted by Gasteiger charge is 1.99. The zero-order chi connectivity index (χ0) is 10.7. The molecule has 0 atom stereocenters. The van der Waals surface area contributed by atoms with Gasteiger partial charge in [-0.05, 0) is 24.3 Å². The molecule has 0 amide bonds. The second-order valence-electron chi connectivity index (χ2n) is 2.85. The largest absolute Gasteiger partial charge is 0.399 e. The molecule has 0 aliphatic rings. The maximum Gasteiger partial charge on any atom is 0.133 e. The molecule has 0 fully saturated rings. The predicted molar refractivity (Wildman–Crippen MR) is 62.0 cm³/mol. The fraction of sp³-hybridized carbons (Fsp3) is 0. The fourth-order valence-corrected chi connectivity index (χ4v) is 2.03. The molecule has 15 heavy (non-hydrogen) atoms. The van der Waals surface area contributed by atoms with E-state index in [-0.39, 0.29) is 0 Å². The second-order valence-corrected chi connectivity index (χ2v) is 4.33. The Balaban J connectivity index is 2.18. The van der Waals surface area contributed by atoms with Crippen LogP contribution in [0.4, 0.5) is 5.69 Å². The molecular weight excluding hydrogens is 230 g/mol. The third-order valence-electron chi connectivity index (χ3n) is 1.71.